The fourth-order valence-corrected chi connectivity index (χ4v) is 5.11. The molecule has 2 saturated heterocycles. The fourth-order valence-electron chi connectivity index (χ4n) is 4.56. The first kappa shape index (κ1) is 19.8. The smallest absolute Gasteiger partial charge is 0.226 e. The van der Waals surface area contributed by atoms with Gasteiger partial charge in [0.25, 0.3) is 0 Å². The number of carbonyl (C=O) groups excluding carboxylic acids is 1. The number of halogens is 2. The average molecular weight is 417 g/mol. The molecule has 2 aliphatic rings. The SMILES string of the molecule is O=C1C(Cc2c(Cl)cccc2Cl)CCN1C1CCCN(Cc2ccccc2)C1. The summed E-state index contributed by atoms with van der Waals surface area (Å²) in [6, 6.07) is 16.4. The van der Waals surface area contributed by atoms with Gasteiger partial charge in [-0.25, -0.2) is 0 Å². The van der Waals surface area contributed by atoms with E-state index in [0.717, 1.165) is 51.0 Å². The van der Waals surface area contributed by atoms with Crippen molar-refractivity contribution >= 4 is 29.1 Å². The number of amides is 1. The third kappa shape index (κ3) is 4.37. The molecule has 2 heterocycles. The van der Waals surface area contributed by atoms with Gasteiger partial charge in [0, 0.05) is 41.6 Å². The highest BCUT2D eigenvalue weighted by atomic mass is 35.5. The van der Waals surface area contributed by atoms with Gasteiger partial charge in [0.05, 0.1) is 0 Å². The second-order valence-electron chi connectivity index (χ2n) is 7.94. The lowest BCUT2D eigenvalue weighted by Gasteiger charge is -2.38. The third-order valence-electron chi connectivity index (χ3n) is 6.03. The second-order valence-corrected chi connectivity index (χ2v) is 8.75. The van der Waals surface area contributed by atoms with Gasteiger partial charge >= 0.3 is 0 Å². The van der Waals surface area contributed by atoms with Gasteiger partial charge in [-0.05, 0) is 55.5 Å². The Morgan fingerprint density at radius 3 is 2.43 bits per heavy atom. The Labute approximate surface area is 177 Å². The number of hydrogen-bond donors (Lipinski definition) is 0. The fraction of sp³-hybridized carbons (Fsp3) is 0.435. The first-order chi connectivity index (χ1) is 13.6. The summed E-state index contributed by atoms with van der Waals surface area (Å²) in [5.41, 5.74) is 2.24. The van der Waals surface area contributed by atoms with Crippen molar-refractivity contribution in [3.05, 3.63) is 69.7 Å². The Morgan fingerprint density at radius 2 is 1.68 bits per heavy atom. The number of piperidine rings is 1. The normalized spacial score (nSPS) is 23.4. The molecule has 0 aromatic heterocycles. The highest BCUT2D eigenvalue weighted by molar-refractivity contribution is 6.36. The molecule has 2 unspecified atom stereocenters. The molecule has 28 heavy (non-hydrogen) atoms. The van der Waals surface area contributed by atoms with Crippen molar-refractivity contribution in [2.45, 2.75) is 38.3 Å². The summed E-state index contributed by atoms with van der Waals surface area (Å²) in [6.07, 6.45) is 3.75. The van der Waals surface area contributed by atoms with Gasteiger partial charge in [0.1, 0.15) is 0 Å². The largest absolute Gasteiger partial charge is 0.338 e. The molecule has 2 fully saturated rings. The molecule has 5 heteroatoms. The van der Waals surface area contributed by atoms with Crippen molar-refractivity contribution in [2.24, 2.45) is 5.92 Å². The summed E-state index contributed by atoms with van der Waals surface area (Å²) in [4.78, 5) is 17.7. The maximum atomic E-state index is 13.1. The van der Waals surface area contributed by atoms with Crippen molar-refractivity contribution in [1.29, 1.82) is 0 Å². The van der Waals surface area contributed by atoms with Crippen LogP contribution in [-0.2, 0) is 17.8 Å². The minimum absolute atomic E-state index is 0.0121. The van der Waals surface area contributed by atoms with Crippen molar-refractivity contribution in [3.63, 3.8) is 0 Å². The van der Waals surface area contributed by atoms with E-state index in [-0.39, 0.29) is 11.8 Å². The topological polar surface area (TPSA) is 23.6 Å². The van der Waals surface area contributed by atoms with E-state index in [2.05, 4.69) is 40.1 Å². The van der Waals surface area contributed by atoms with Crippen molar-refractivity contribution in [2.75, 3.05) is 19.6 Å². The molecule has 0 spiro atoms. The Hall–Kier alpha value is -1.55. The summed E-state index contributed by atoms with van der Waals surface area (Å²) in [5.74, 6) is 0.254. The van der Waals surface area contributed by atoms with Gasteiger partial charge in [0.15, 0.2) is 0 Å². The molecule has 2 aliphatic heterocycles. The molecule has 2 aromatic carbocycles. The molecule has 148 valence electrons. The van der Waals surface area contributed by atoms with Gasteiger partial charge in [-0.2, -0.15) is 0 Å². The Bertz CT molecular complexity index is 806. The maximum Gasteiger partial charge on any atom is 0.226 e. The summed E-state index contributed by atoms with van der Waals surface area (Å²) in [6.45, 7) is 3.86. The zero-order valence-corrected chi connectivity index (χ0v) is 17.5. The Morgan fingerprint density at radius 1 is 0.929 bits per heavy atom. The molecule has 2 atom stereocenters. The molecule has 0 N–H and O–H groups in total. The van der Waals surface area contributed by atoms with Crippen LogP contribution in [0.3, 0.4) is 0 Å². The molecule has 1 amide bonds. The van der Waals surface area contributed by atoms with E-state index in [1.165, 1.54) is 5.56 Å². The van der Waals surface area contributed by atoms with E-state index in [4.69, 9.17) is 23.2 Å². The number of carbonyl (C=O) groups is 1. The van der Waals surface area contributed by atoms with Crippen LogP contribution in [0.1, 0.15) is 30.4 Å². The highest BCUT2D eigenvalue weighted by Crippen LogP contribution is 2.32. The molecule has 3 nitrogen and oxygen atoms in total. The molecule has 4 rings (SSSR count). The Balaban J connectivity index is 1.39. The lowest BCUT2D eigenvalue weighted by atomic mass is 9.97. The van der Waals surface area contributed by atoms with E-state index in [9.17, 15) is 4.79 Å². The van der Waals surface area contributed by atoms with E-state index in [0.29, 0.717) is 22.5 Å². The van der Waals surface area contributed by atoms with Crippen LogP contribution in [0.5, 0.6) is 0 Å². The lowest BCUT2D eigenvalue weighted by molar-refractivity contribution is -0.133. The summed E-state index contributed by atoms with van der Waals surface area (Å²) < 4.78 is 0. The Kier molecular flexibility index (Phi) is 6.25. The number of likely N-dealkylation sites (tertiary alicyclic amines) is 2. The average Bonchev–Trinajstić information content (AvgIpc) is 3.06. The number of rotatable bonds is 5. The van der Waals surface area contributed by atoms with Crippen LogP contribution >= 0.6 is 23.2 Å². The quantitative estimate of drug-likeness (QED) is 0.680. The summed E-state index contributed by atoms with van der Waals surface area (Å²) in [5, 5.41) is 1.32. The van der Waals surface area contributed by atoms with Crippen molar-refractivity contribution < 1.29 is 4.79 Å². The van der Waals surface area contributed by atoms with Gasteiger partial charge in [-0.3, -0.25) is 9.69 Å². The molecule has 2 aromatic rings. The van der Waals surface area contributed by atoms with E-state index >= 15 is 0 Å². The first-order valence-electron chi connectivity index (χ1n) is 10.1. The number of hydrogen-bond acceptors (Lipinski definition) is 2. The lowest BCUT2D eigenvalue weighted by Crippen LogP contribution is -2.48. The monoisotopic (exact) mass is 416 g/mol. The van der Waals surface area contributed by atoms with E-state index < -0.39 is 0 Å². The van der Waals surface area contributed by atoms with Crippen molar-refractivity contribution in [3.8, 4) is 0 Å². The molecule has 0 saturated carbocycles. The second kappa shape index (κ2) is 8.86. The van der Waals surface area contributed by atoms with Crippen LogP contribution in [0.2, 0.25) is 10.0 Å². The molecule has 0 bridgehead atoms. The predicted octanol–water partition coefficient (Wildman–Crippen LogP) is 5.05. The van der Waals surface area contributed by atoms with Gasteiger partial charge in [-0.15, -0.1) is 0 Å². The first-order valence-corrected chi connectivity index (χ1v) is 10.9. The summed E-state index contributed by atoms with van der Waals surface area (Å²) in [7, 11) is 0. The van der Waals surface area contributed by atoms with Crippen molar-refractivity contribution in [1.82, 2.24) is 9.80 Å². The van der Waals surface area contributed by atoms with E-state index in [1.807, 2.05) is 18.2 Å². The molecular weight excluding hydrogens is 391 g/mol. The number of nitrogens with zero attached hydrogens (tertiary/aromatic N) is 2. The minimum atomic E-state index is -0.0121. The van der Waals surface area contributed by atoms with E-state index in [1.54, 1.807) is 0 Å². The highest BCUT2D eigenvalue weighted by Gasteiger charge is 2.37. The molecular formula is C23H26Cl2N2O. The zero-order valence-electron chi connectivity index (χ0n) is 16.0. The maximum absolute atomic E-state index is 13.1. The third-order valence-corrected chi connectivity index (χ3v) is 6.74. The summed E-state index contributed by atoms with van der Waals surface area (Å²) >= 11 is 12.6. The van der Waals surface area contributed by atoms with Crippen LogP contribution in [0.25, 0.3) is 0 Å². The minimum Gasteiger partial charge on any atom is -0.338 e. The van der Waals surface area contributed by atoms with Crippen LogP contribution in [0, 0.1) is 5.92 Å². The van der Waals surface area contributed by atoms with Crippen LogP contribution < -0.4 is 0 Å². The standard InChI is InChI=1S/C23H26Cl2N2O/c24-21-9-4-10-22(25)20(21)14-18-11-13-27(23(18)28)19-8-5-12-26(16-19)15-17-6-2-1-3-7-17/h1-4,6-7,9-10,18-19H,5,8,11-16H2. The molecule has 0 radical (unpaired) electrons. The van der Waals surface area contributed by atoms with Gasteiger partial charge < -0.3 is 4.90 Å². The van der Waals surface area contributed by atoms with Crippen LogP contribution in [-0.4, -0.2) is 41.4 Å². The van der Waals surface area contributed by atoms with Crippen LogP contribution in [0.4, 0.5) is 0 Å². The van der Waals surface area contributed by atoms with Gasteiger partial charge in [-0.1, -0.05) is 59.6 Å². The predicted molar refractivity (Wildman–Crippen MR) is 115 cm³/mol. The van der Waals surface area contributed by atoms with Crippen LogP contribution in [0.15, 0.2) is 48.5 Å². The number of benzene rings is 2. The van der Waals surface area contributed by atoms with Gasteiger partial charge in [0.2, 0.25) is 5.91 Å². The zero-order chi connectivity index (χ0) is 19.5. The molecule has 0 aliphatic carbocycles.